The summed E-state index contributed by atoms with van der Waals surface area (Å²) in [6, 6.07) is 8.71. The largest absolute Gasteiger partial charge is 0.508 e. The molecule has 0 aliphatic heterocycles. The standard InChI is InChI=1S/C6H6O.HI3/c7-6-4-2-1-3-5-6;1-3-2/h1-5,7H;3H. The molecule has 1 N–H and O–H groups in total. The van der Waals surface area contributed by atoms with Gasteiger partial charge in [0.2, 0.25) is 0 Å². The molecule has 0 saturated heterocycles. The summed E-state index contributed by atoms with van der Waals surface area (Å²) in [6.07, 6.45) is 0. The second-order valence-corrected chi connectivity index (χ2v) is 18.9. The van der Waals surface area contributed by atoms with Crippen LogP contribution < -0.4 is 0 Å². The number of hydrogen-bond acceptors (Lipinski definition) is 1. The van der Waals surface area contributed by atoms with Crippen LogP contribution >= 0.6 is 50.5 Å². The van der Waals surface area contributed by atoms with Gasteiger partial charge in [0, 0.05) is 0 Å². The van der Waals surface area contributed by atoms with Crippen molar-refractivity contribution < 1.29 is 5.11 Å². The van der Waals surface area contributed by atoms with Crippen molar-refractivity contribution in [2.24, 2.45) is 0 Å². The van der Waals surface area contributed by atoms with Crippen molar-refractivity contribution in [1.29, 1.82) is 0 Å². The minimum Gasteiger partial charge on any atom is -0.508 e. The molecule has 0 fully saturated rings. The summed E-state index contributed by atoms with van der Waals surface area (Å²) in [5.41, 5.74) is 0. The zero-order valence-electron chi connectivity index (χ0n) is 5.00. The Bertz CT molecular complexity index is 154. The van der Waals surface area contributed by atoms with E-state index in [0.29, 0.717) is 19.0 Å². The molecule has 10 heavy (non-hydrogen) atoms. The van der Waals surface area contributed by atoms with Gasteiger partial charge in [0.15, 0.2) is 0 Å². The topological polar surface area (TPSA) is 20.2 Å². The second kappa shape index (κ2) is 8.31. The minimum absolute atomic E-state index is 0.322. The van der Waals surface area contributed by atoms with E-state index in [1.165, 1.54) is 0 Å². The maximum atomic E-state index is 8.63. The van der Waals surface area contributed by atoms with Crippen molar-refractivity contribution in [3.05, 3.63) is 30.3 Å². The third-order valence-corrected chi connectivity index (χ3v) is 0.756. The predicted molar refractivity (Wildman–Crippen MR) is 71.6 cm³/mol. The first-order valence-corrected chi connectivity index (χ1v) is 16.0. The van der Waals surface area contributed by atoms with Crippen molar-refractivity contribution in [3.63, 3.8) is 0 Å². The molecule has 0 aliphatic carbocycles. The van der Waals surface area contributed by atoms with Gasteiger partial charge in [-0.15, -0.1) is 0 Å². The Morgan fingerprint density at radius 1 is 1.10 bits per heavy atom. The van der Waals surface area contributed by atoms with E-state index < -0.39 is 0 Å². The van der Waals surface area contributed by atoms with Crippen molar-refractivity contribution in [3.8, 4) is 5.75 Å². The van der Waals surface area contributed by atoms with Crippen LogP contribution in [0.3, 0.4) is 0 Å². The van der Waals surface area contributed by atoms with Crippen molar-refractivity contribution in [1.82, 2.24) is 0 Å². The molecule has 4 heteroatoms. The van der Waals surface area contributed by atoms with Gasteiger partial charge in [-0.1, -0.05) is 18.2 Å². The number of hydrogen-bond donors (Lipinski definition) is 1. The molecule has 58 valence electrons. The van der Waals surface area contributed by atoms with Crippen molar-refractivity contribution >= 4 is 50.5 Å². The summed E-state index contributed by atoms with van der Waals surface area (Å²) >= 11 is 5.22. The summed E-state index contributed by atoms with van der Waals surface area (Å²) in [4.78, 5) is 0. The predicted octanol–water partition coefficient (Wildman–Crippen LogP) is 3.78. The van der Waals surface area contributed by atoms with Crippen LogP contribution in [-0.2, 0) is 0 Å². The van der Waals surface area contributed by atoms with Crippen LogP contribution in [0.25, 0.3) is 0 Å². The van der Waals surface area contributed by atoms with Crippen LogP contribution in [0.2, 0.25) is 0 Å². The Balaban J connectivity index is 0.000000236. The number of aromatic hydroxyl groups is 1. The Kier molecular flexibility index (Phi) is 9.31. The smallest absolute Gasteiger partial charge is 0.115 e. The number of phenols is 1. The summed E-state index contributed by atoms with van der Waals surface area (Å²) in [7, 11) is 0. The molecule has 0 amide bonds. The van der Waals surface area contributed by atoms with Gasteiger partial charge in [0.1, 0.15) is 5.75 Å². The molecule has 1 rings (SSSR count). The van der Waals surface area contributed by atoms with Gasteiger partial charge in [-0.3, -0.25) is 0 Å². The van der Waals surface area contributed by atoms with Crippen LogP contribution in [-0.4, -0.2) is 5.11 Å². The summed E-state index contributed by atoms with van der Waals surface area (Å²) in [5.74, 6) is 0.322. The summed E-state index contributed by atoms with van der Waals surface area (Å²) in [6.45, 7) is 0. The average Bonchev–Trinajstić information content (AvgIpc) is 1.91. The molecule has 0 aromatic heterocycles. The average molecular weight is 476 g/mol. The molecule has 0 radical (unpaired) electrons. The van der Waals surface area contributed by atoms with E-state index in [-0.39, 0.29) is 0 Å². The van der Waals surface area contributed by atoms with E-state index >= 15 is 0 Å². The molecule has 0 atom stereocenters. The number of rotatable bonds is 0. The zero-order valence-corrected chi connectivity index (χ0v) is 11.6. The monoisotopic (exact) mass is 476 g/mol. The normalized spacial score (nSPS) is 8.20. The van der Waals surface area contributed by atoms with Crippen LogP contribution in [0.1, 0.15) is 0 Å². The van der Waals surface area contributed by atoms with Crippen molar-refractivity contribution in [2.75, 3.05) is 0 Å². The van der Waals surface area contributed by atoms with Gasteiger partial charge < -0.3 is 5.11 Å². The Morgan fingerprint density at radius 3 is 1.70 bits per heavy atom. The Hall–Kier alpha value is 1.21. The second-order valence-electron chi connectivity index (χ2n) is 1.39. The number of para-hydroxylation sites is 1. The van der Waals surface area contributed by atoms with Gasteiger partial charge in [-0.05, 0) is 12.1 Å². The Morgan fingerprint density at radius 2 is 1.50 bits per heavy atom. The summed E-state index contributed by atoms with van der Waals surface area (Å²) in [5, 5.41) is 8.63. The van der Waals surface area contributed by atoms with Crippen LogP contribution in [0, 0.1) is 0 Å². The molecule has 0 bridgehead atoms. The molecular weight excluding hydrogens is 469 g/mol. The van der Waals surface area contributed by atoms with Gasteiger partial charge in [0.05, 0.1) is 0 Å². The third-order valence-electron chi connectivity index (χ3n) is 0.756. The maximum Gasteiger partial charge on any atom is 0.115 e. The molecule has 0 heterocycles. The third kappa shape index (κ3) is 7.32. The number of benzene rings is 1. The van der Waals surface area contributed by atoms with E-state index in [2.05, 4.69) is 37.2 Å². The van der Waals surface area contributed by atoms with Crippen LogP contribution in [0.5, 0.6) is 5.75 Å². The van der Waals surface area contributed by atoms with Gasteiger partial charge in [-0.2, -0.15) is 0 Å². The Labute approximate surface area is 90.2 Å². The first-order valence-electron chi connectivity index (χ1n) is 2.44. The van der Waals surface area contributed by atoms with Gasteiger partial charge in [0.25, 0.3) is 0 Å². The molecule has 1 aromatic rings. The summed E-state index contributed by atoms with van der Waals surface area (Å²) < 4.78 is 0. The van der Waals surface area contributed by atoms with E-state index in [1.807, 2.05) is 6.07 Å². The SMILES string of the molecule is I[IH]I.Oc1ccccc1. The quantitative estimate of drug-likeness (QED) is 0.566. The fourth-order valence-electron chi connectivity index (χ4n) is 0.428. The molecule has 0 unspecified atom stereocenters. The molecule has 1 nitrogen and oxygen atoms in total. The first-order chi connectivity index (χ1) is 4.81. The van der Waals surface area contributed by atoms with E-state index in [4.69, 9.17) is 5.11 Å². The fraction of sp³-hybridized carbons (Fsp3) is 0. The van der Waals surface area contributed by atoms with Crippen LogP contribution in [0.4, 0.5) is 0 Å². The van der Waals surface area contributed by atoms with E-state index in [0.717, 1.165) is 0 Å². The molecule has 0 spiro atoms. The maximum absolute atomic E-state index is 8.63. The number of halogens is 3. The molecule has 0 saturated carbocycles. The van der Waals surface area contributed by atoms with Crippen LogP contribution in [0.15, 0.2) is 30.3 Å². The molecule has 1 aromatic carbocycles. The first kappa shape index (κ1) is 11.2. The van der Waals surface area contributed by atoms with Gasteiger partial charge >= 0.3 is 50.5 Å². The van der Waals surface area contributed by atoms with Crippen molar-refractivity contribution in [2.45, 2.75) is 0 Å². The molecular formula is C6H7I3O. The van der Waals surface area contributed by atoms with E-state index in [9.17, 15) is 0 Å². The minimum atomic E-state index is 0.322. The van der Waals surface area contributed by atoms with Gasteiger partial charge in [-0.25, -0.2) is 0 Å². The fourth-order valence-corrected chi connectivity index (χ4v) is 0.428. The molecule has 0 aliphatic rings. The number of phenolic OH excluding ortho intramolecular Hbond substituents is 1. The van der Waals surface area contributed by atoms with E-state index in [1.54, 1.807) is 24.3 Å². The zero-order chi connectivity index (χ0) is 7.82.